The molecular formula is C24H18BrClN2O4. The van der Waals surface area contributed by atoms with Crippen LogP contribution in [0.1, 0.15) is 22.7 Å². The van der Waals surface area contributed by atoms with Gasteiger partial charge < -0.3 is 9.84 Å². The number of rotatable bonds is 4. The molecule has 4 rings (SSSR count). The molecule has 8 heteroatoms. The van der Waals surface area contributed by atoms with E-state index in [0.717, 1.165) is 5.56 Å². The van der Waals surface area contributed by atoms with Gasteiger partial charge in [0.15, 0.2) is 0 Å². The average molecular weight is 514 g/mol. The zero-order chi connectivity index (χ0) is 23.0. The molecule has 1 atom stereocenters. The largest absolute Gasteiger partial charge is 0.507 e. The normalized spacial score (nSPS) is 17.6. The van der Waals surface area contributed by atoms with Crippen molar-refractivity contribution in [2.24, 2.45) is 0 Å². The fourth-order valence-corrected chi connectivity index (χ4v) is 4.37. The monoisotopic (exact) mass is 512 g/mol. The zero-order valence-corrected chi connectivity index (χ0v) is 19.5. The van der Waals surface area contributed by atoms with Crippen molar-refractivity contribution in [2.75, 3.05) is 12.0 Å². The minimum atomic E-state index is -0.872. The topological polar surface area (TPSA) is 79.7 Å². The molecule has 32 heavy (non-hydrogen) atoms. The summed E-state index contributed by atoms with van der Waals surface area (Å²) in [6.45, 7) is 1.85. The summed E-state index contributed by atoms with van der Waals surface area (Å²) in [6.07, 6.45) is 3.16. The van der Waals surface area contributed by atoms with Crippen molar-refractivity contribution in [3.05, 3.63) is 92.7 Å². The van der Waals surface area contributed by atoms with Crippen LogP contribution in [0.4, 0.5) is 5.69 Å². The molecule has 0 aliphatic carbocycles. The van der Waals surface area contributed by atoms with Gasteiger partial charge in [-0.2, -0.15) is 0 Å². The van der Waals surface area contributed by atoms with Gasteiger partial charge in [0.2, 0.25) is 0 Å². The predicted octanol–water partition coefficient (Wildman–Crippen LogP) is 5.44. The van der Waals surface area contributed by atoms with E-state index in [1.54, 1.807) is 60.9 Å². The van der Waals surface area contributed by atoms with Crippen LogP contribution in [-0.4, -0.2) is 28.9 Å². The molecule has 1 saturated heterocycles. The number of hydrogen-bond donors (Lipinski definition) is 1. The van der Waals surface area contributed by atoms with Crippen LogP contribution in [0.3, 0.4) is 0 Å². The zero-order valence-electron chi connectivity index (χ0n) is 17.2. The quantitative estimate of drug-likeness (QED) is 0.285. The molecule has 1 fully saturated rings. The molecule has 1 amide bonds. The third-order valence-electron chi connectivity index (χ3n) is 5.30. The van der Waals surface area contributed by atoms with E-state index in [9.17, 15) is 14.7 Å². The Hall–Kier alpha value is -3.16. The van der Waals surface area contributed by atoms with Crippen LogP contribution < -0.4 is 9.64 Å². The van der Waals surface area contributed by atoms with Crippen LogP contribution in [0, 0.1) is 6.92 Å². The number of aliphatic hydroxyl groups is 1. The summed E-state index contributed by atoms with van der Waals surface area (Å²) in [5.41, 5.74) is 2.21. The lowest BCUT2D eigenvalue weighted by Crippen LogP contribution is -2.29. The number of halogens is 2. The maximum atomic E-state index is 13.1. The number of aromatic nitrogens is 1. The van der Waals surface area contributed by atoms with Crippen LogP contribution in [0.5, 0.6) is 5.75 Å². The molecule has 0 saturated carbocycles. The number of aryl methyl sites for hydroxylation is 1. The molecule has 1 aliphatic rings. The Kier molecular flexibility index (Phi) is 6.04. The van der Waals surface area contributed by atoms with Gasteiger partial charge in [-0.15, -0.1) is 0 Å². The van der Waals surface area contributed by atoms with E-state index in [1.807, 2.05) is 6.92 Å². The van der Waals surface area contributed by atoms with Crippen molar-refractivity contribution in [3.63, 3.8) is 0 Å². The van der Waals surface area contributed by atoms with Crippen molar-refractivity contribution < 1.29 is 19.4 Å². The molecule has 0 spiro atoms. The molecule has 0 radical (unpaired) electrons. The van der Waals surface area contributed by atoms with Gasteiger partial charge in [0, 0.05) is 28.7 Å². The predicted molar refractivity (Wildman–Crippen MR) is 126 cm³/mol. The molecule has 162 valence electrons. The molecule has 3 aromatic rings. The number of ketones is 1. The lowest BCUT2D eigenvalue weighted by molar-refractivity contribution is -0.132. The lowest BCUT2D eigenvalue weighted by atomic mass is 9.96. The molecule has 2 heterocycles. The summed E-state index contributed by atoms with van der Waals surface area (Å²) < 4.78 is 5.83. The highest BCUT2D eigenvalue weighted by atomic mass is 79.9. The van der Waals surface area contributed by atoms with Gasteiger partial charge in [-0.05, 0) is 70.4 Å². The molecule has 2 aromatic carbocycles. The van der Waals surface area contributed by atoms with Gasteiger partial charge >= 0.3 is 0 Å². The van der Waals surface area contributed by atoms with Crippen LogP contribution in [0.15, 0.2) is 71.0 Å². The van der Waals surface area contributed by atoms with E-state index in [2.05, 4.69) is 20.9 Å². The lowest BCUT2D eigenvalue weighted by Gasteiger charge is -2.25. The highest BCUT2D eigenvalue weighted by Crippen LogP contribution is 2.43. The van der Waals surface area contributed by atoms with Crippen molar-refractivity contribution in [2.45, 2.75) is 13.0 Å². The first kappa shape index (κ1) is 22.0. The van der Waals surface area contributed by atoms with E-state index >= 15 is 0 Å². The summed E-state index contributed by atoms with van der Waals surface area (Å²) in [5.74, 6) is -1.27. The number of carbonyl (C=O) groups is 2. The summed E-state index contributed by atoms with van der Waals surface area (Å²) in [6, 6.07) is 12.6. The fraction of sp³-hybridized carbons (Fsp3) is 0.125. The first-order chi connectivity index (χ1) is 15.3. The minimum Gasteiger partial charge on any atom is -0.507 e. The number of carbonyl (C=O) groups excluding carboxylic acids is 2. The number of methoxy groups -OCH3 is 1. The van der Waals surface area contributed by atoms with Crippen LogP contribution in [0.2, 0.25) is 5.02 Å². The standard InChI is InChI=1S/C24H18BrClN2O4/c1-13-5-7-16(11-18(13)26)28-21(15-4-3-9-27-12-15)20(23(30)24(28)31)22(29)14-6-8-19(32-2)17(25)10-14/h3-12,21,29H,1-2H3/b22-20+. The van der Waals surface area contributed by atoms with Crippen LogP contribution in [0.25, 0.3) is 5.76 Å². The number of hydrogen-bond acceptors (Lipinski definition) is 5. The minimum absolute atomic E-state index is 0.0308. The van der Waals surface area contributed by atoms with Crippen LogP contribution in [-0.2, 0) is 9.59 Å². The van der Waals surface area contributed by atoms with Gasteiger partial charge in [0.25, 0.3) is 11.7 Å². The third-order valence-corrected chi connectivity index (χ3v) is 6.33. The van der Waals surface area contributed by atoms with Gasteiger partial charge in [-0.25, -0.2) is 0 Å². The average Bonchev–Trinajstić information content (AvgIpc) is 3.06. The maximum Gasteiger partial charge on any atom is 0.300 e. The van der Waals surface area contributed by atoms with Gasteiger partial charge in [-0.1, -0.05) is 23.7 Å². The fourth-order valence-electron chi connectivity index (χ4n) is 3.65. The van der Waals surface area contributed by atoms with Gasteiger partial charge in [0.1, 0.15) is 11.5 Å². The summed E-state index contributed by atoms with van der Waals surface area (Å²) in [4.78, 5) is 31.8. The number of aliphatic hydroxyl groups excluding tert-OH is 1. The Morgan fingerprint density at radius 3 is 2.59 bits per heavy atom. The number of Topliss-reactive ketones (excluding diaryl/α,β-unsaturated/α-hetero) is 1. The number of nitrogens with zero attached hydrogens (tertiary/aromatic N) is 2. The van der Waals surface area contributed by atoms with Gasteiger partial charge in [0.05, 0.1) is 23.2 Å². The number of anilines is 1. The Morgan fingerprint density at radius 1 is 1.19 bits per heavy atom. The smallest absolute Gasteiger partial charge is 0.300 e. The van der Waals surface area contributed by atoms with E-state index in [1.165, 1.54) is 12.0 Å². The van der Waals surface area contributed by atoms with E-state index in [-0.39, 0.29) is 11.3 Å². The second-order valence-corrected chi connectivity index (χ2v) is 8.50. The van der Waals surface area contributed by atoms with Crippen molar-refractivity contribution >= 4 is 50.7 Å². The first-order valence-electron chi connectivity index (χ1n) is 9.64. The number of benzene rings is 2. The Labute approximate surface area is 198 Å². The third kappa shape index (κ3) is 3.78. The number of amides is 1. The van der Waals surface area contributed by atoms with Crippen molar-refractivity contribution in [1.29, 1.82) is 0 Å². The maximum absolute atomic E-state index is 13.1. The molecule has 1 aliphatic heterocycles. The molecular weight excluding hydrogens is 496 g/mol. The van der Waals surface area contributed by atoms with E-state index in [4.69, 9.17) is 16.3 Å². The van der Waals surface area contributed by atoms with Gasteiger partial charge in [-0.3, -0.25) is 19.5 Å². The molecule has 1 unspecified atom stereocenters. The van der Waals surface area contributed by atoms with E-state index < -0.39 is 17.7 Å². The molecule has 1 aromatic heterocycles. The van der Waals surface area contributed by atoms with Crippen molar-refractivity contribution in [3.8, 4) is 5.75 Å². The Morgan fingerprint density at radius 2 is 1.97 bits per heavy atom. The molecule has 0 bridgehead atoms. The highest BCUT2D eigenvalue weighted by molar-refractivity contribution is 9.10. The number of pyridine rings is 1. The van der Waals surface area contributed by atoms with Crippen LogP contribution >= 0.6 is 27.5 Å². The second-order valence-electron chi connectivity index (χ2n) is 7.24. The second kappa shape index (κ2) is 8.76. The molecule has 6 nitrogen and oxygen atoms in total. The Bertz CT molecular complexity index is 1260. The highest BCUT2D eigenvalue weighted by Gasteiger charge is 2.47. The number of ether oxygens (including phenoxy) is 1. The summed E-state index contributed by atoms with van der Waals surface area (Å²) in [7, 11) is 1.53. The van der Waals surface area contributed by atoms with Crippen molar-refractivity contribution in [1.82, 2.24) is 4.98 Å². The first-order valence-corrected chi connectivity index (χ1v) is 10.8. The SMILES string of the molecule is COc1ccc(/C(O)=C2\C(=O)C(=O)N(c3ccc(C)c(Cl)c3)C2c2cccnc2)cc1Br. The summed E-state index contributed by atoms with van der Waals surface area (Å²) >= 11 is 9.69. The van der Waals surface area contributed by atoms with E-state index in [0.29, 0.717) is 32.1 Å². The summed E-state index contributed by atoms with van der Waals surface area (Å²) in [5, 5.41) is 11.6. The Balaban J connectivity index is 1.94. The molecule has 1 N–H and O–H groups in total.